The van der Waals surface area contributed by atoms with Gasteiger partial charge in [-0.05, 0) is 17.9 Å². The van der Waals surface area contributed by atoms with Crippen LogP contribution in [-0.4, -0.2) is 23.5 Å². The van der Waals surface area contributed by atoms with Crippen LogP contribution in [0.3, 0.4) is 0 Å². The molecule has 0 fully saturated rings. The van der Waals surface area contributed by atoms with Crippen LogP contribution in [0.1, 0.15) is 20.3 Å². The summed E-state index contributed by atoms with van der Waals surface area (Å²) in [5.74, 6) is 0.687. The highest BCUT2D eigenvalue weighted by molar-refractivity contribution is 6.17. The van der Waals surface area contributed by atoms with Gasteiger partial charge in [0, 0.05) is 37.8 Å². The molecule has 0 atom stereocenters. The maximum Gasteiger partial charge on any atom is 0.250 e. The molecule has 3 nitrogen and oxygen atoms in total. The summed E-state index contributed by atoms with van der Waals surface area (Å²) in [4.78, 5) is 11.4. The van der Waals surface area contributed by atoms with Gasteiger partial charge in [-0.25, -0.2) is 0 Å². The number of hydrogen-bond acceptors (Lipinski definition) is 2. The molecule has 1 aromatic heterocycles. The first-order valence-corrected chi connectivity index (χ1v) is 6.51. The van der Waals surface area contributed by atoms with Crippen LogP contribution in [0.25, 0.3) is 0 Å². The fourth-order valence-electron chi connectivity index (χ4n) is 1.62. The molecule has 0 aliphatic heterocycles. The lowest BCUT2D eigenvalue weighted by Gasteiger charge is -2.24. The minimum absolute atomic E-state index is 0.0503. The Labute approximate surface area is 108 Å². The largest absolute Gasteiger partial charge is 0.314 e. The minimum atomic E-state index is 0.0503. The monoisotopic (exact) mass is 256 g/mol. The molecule has 1 rings (SSSR count). The zero-order valence-corrected chi connectivity index (χ0v) is 11.3. The maximum atomic E-state index is 11.4. The lowest BCUT2D eigenvalue weighted by atomic mass is 9.90. The van der Waals surface area contributed by atoms with Gasteiger partial charge in [-0.15, -0.1) is 11.6 Å². The first-order chi connectivity index (χ1) is 8.05. The molecule has 1 aromatic rings. The number of nitrogens with one attached hydrogen (secondary N) is 1. The zero-order chi connectivity index (χ0) is 12.7. The Hall–Kier alpha value is -0.800. The summed E-state index contributed by atoms with van der Waals surface area (Å²) in [7, 11) is 0. The van der Waals surface area contributed by atoms with E-state index in [-0.39, 0.29) is 11.0 Å². The number of nitrogens with zero attached hydrogens (tertiary/aromatic N) is 1. The van der Waals surface area contributed by atoms with Crippen LogP contribution < -0.4 is 10.9 Å². The van der Waals surface area contributed by atoms with Crippen molar-refractivity contribution in [3.8, 4) is 0 Å². The second kappa shape index (κ2) is 6.82. The molecule has 0 saturated carbocycles. The third-order valence-electron chi connectivity index (χ3n) is 2.80. The number of hydrogen-bond donors (Lipinski definition) is 1. The predicted octanol–water partition coefficient (Wildman–Crippen LogP) is 2.09. The minimum Gasteiger partial charge on any atom is -0.314 e. The quantitative estimate of drug-likeness (QED) is 0.599. The first kappa shape index (κ1) is 14.3. The van der Waals surface area contributed by atoms with Crippen molar-refractivity contribution in [2.24, 2.45) is 5.41 Å². The maximum absolute atomic E-state index is 11.4. The SMILES string of the molecule is CC(C)(CCCl)CNCCn1ccccc1=O. The highest BCUT2D eigenvalue weighted by atomic mass is 35.5. The van der Waals surface area contributed by atoms with Crippen molar-refractivity contribution < 1.29 is 0 Å². The van der Waals surface area contributed by atoms with E-state index < -0.39 is 0 Å². The van der Waals surface area contributed by atoms with Crippen LogP contribution in [0.15, 0.2) is 29.2 Å². The molecule has 0 aliphatic rings. The van der Waals surface area contributed by atoms with Crippen molar-refractivity contribution in [3.63, 3.8) is 0 Å². The van der Waals surface area contributed by atoms with Gasteiger partial charge in [-0.2, -0.15) is 0 Å². The Kier molecular flexibility index (Phi) is 5.72. The Bertz CT molecular complexity index is 387. The summed E-state index contributed by atoms with van der Waals surface area (Å²) in [6, 6.07) is 5.21. The average Bonchev–Trinajstić information content (AvgIpc) is 2.26. The molecule has 96 valence electrons. The van der Waals surface area contributed by atoms with E-state index in [1.165, 1.54) is 0 Å². The molecule has 0 aromatic carbocycles. The molecular weight excluding hydrogens is 236 g/mol. The Balaban J connectivity index is 2.30. The molecule has 0 aliphatic carbocycles. The van der Waals surface area contributed by atoms with E-state index in [9.17, 15) is 4.79 Å². The first-order valence-electron chi connectivity index (χ1n) is 5.97. The van der Waals surface area contributed by atoms with Gasteiger partial charge in [0.15, 0.2) is 0 Å². The molecule has 17 heavy (non-hydrogen) atoms. The number of pyridine rings is 1. The van der Waals surface area contributed by atoms with E-state index in [1.807, 2.05) is 12.3 Å². The van der Waals surface area contributed by atoms with Gasteiger partial charge in [0.2, 0.25) is 0 Å². The number of halogens is 1. The normalized spacial score (nSPS) is 11.7. The van der Waals surface area contributed by atoms with Crippen LogP contribution in [-0.2, 0) is 6.54 Å². The lowest BCUT2D eigenvalue weighted by Crippen LogP contribution is -2.33. The summed E-state index contributed by atoms with van der Waals surface area (Å²) in [5, 5.41) is 3.37. The van der Waals surface area contributed by atoms with Gasteiger partial charge in [0.05, 0.1) is 0 Å². The molecule has 0 radical (unpaired) electrons. The molecule has 0 amide bonds. The fourth-order valence-corrected chi connectivity index (χ4v) is 2.13. The van der Waals surface area contributed by atoms with Crippen molar-refractivity contribution in [2.45, 2.75) is 26.8 Å². The summed E-state index contributed by atoms with van der Waals surface area (Å²) in [6.07, 6.45) is 2.81. The predicted molar refractivity (Wildman–Crippen MR) is 72.7 cm³/mol. The van der Waals surface area contributed by atoms with Crippen molar-refractivity contribution in [3.05, 3.63) is 34.7 Å². The Morgan fingerprint density at radius 3 is 2.82 bits per heavy atom. The number of rotatable bonds is 7. The molecule has 0 saturated heterocycles. The second-order valence-corrected chi connectivity index (χ2v) is 5.39. The second-order valence-electron chi connectivity index (χ2n) is 5.01. The van der Waals surface area contributed by atoms with E-state index in [2.05, 4.69) is 19.2 Å². The van der Waals surface area contributed by atoms with E-state index in [0.29, 0.717) is 12.4 Å². The van der Waals surface area contributed by atoms with E-state index in [4.69, 9.17) is 11.6 Å². The molecule has 1 heterocycles. The van der Waals surface area contributed by atoms with Crippen molar-refractivity contribution in [1.82, 2.24) is 9.88 Å². The highest BCUT2D eigenvalue weighted by Gasteiger charge is 2.15. The smallest absolute Gasteiger partial charge is 0.250 e. The number of alkyl halides is 1. The van der Waals surface area contributed by atoms with Gasteiger partial charge >= 0.3 is 0 Å². The Morgan fingerprint density at radius 2 is 2.18 bits per heavy atom. The van der Waals surface area contributed by atoms with Crippen LogP contribution in [0.5, 0.6) is 0 Å². The van der Waals surface area contributed by atoms with E-state index in [1.54, 1.807) is 16.7 Å². The highest BCUT2D eigenvalue weighted by Crippen LogP contribution is 2.19. The van der Waals surface area contributed by atoms with Crippen molar-refractivity contribution in [1.29, 1.82) is 0 Å². The van der Waals surface area contributed by atoms with Gasteiger partial charge < -0.3 is 9.88 Å². The molecule has 0 unspecified atom stereocenters. The van der Waals surface area contributed by atoms with Crippen LogP contribution in [0.4, 0.5) is 0 Å². The van der Waals surface area contributed by atoms with Crippen LogP contribution in [0.2, 0.25) is 0 Å². The molecular formula is C13H21ClN2O. The summed E-state index contributed by atoms with van der Waals surface area (Å²) in [5.41, 5.74) is 0.262. The van der Waals surface area contributed by atoms with E-state index >= 15 is 0 Å². The standard InChI is InChI=1S/C13H21ClN2O/c1-13(2,6-7-14)11-15-8-10-16-9-4-3-5-12(16)17/h3-5,9,15H,6-8,10-11H2,1-2H3. The van der Waals surface area contributed by atoms with Crippen molar-refractivity contribution >= 4 is 11.6 Å². The molecule has 0 bridgehead atoms. The fraction of sp³-hybridized carbons (Fsp3) is 0.615. The third kappa shape index (κ3) is 5.37. The van der Waals surface area contributed by atoms with Gasteiger partial charge in [0.25, 0.3) is 5.56 Å². The Morgan fingerprint density at radius 1 is 1.41 bits per heavy atom. The van der Waals surface area contributed by atoms with Crippen molar-refractivity contribution in [2.75, 3.05) is 19.0 Å². The summed E-state index contributed by atoms with van der Waals surface area (Å²) >= 11 is 5.74. The summed E-state index contributed by atoms with van der Waals surface area (Å²) < 4.78 is 1.71. The molecule has 0 spiro atoms. The number of aromatic nitrogens is 1. The third-order valence-corrected chi connectivity index (χ3v) is 2.99. The van der Waals surface area contributed by atoms with E-state index in [0.717, 1.165) is 19.5 Å². The van der Waals surface area contributed by atoms with Gasteiger partial charge in [-0.1, -0.05) is 19.9 Å². The molecule has 4 heteroatoms. The summed E-state index contributed by atoms with van der Waals surface area (Å²) in [6.45, 7) is 6.81. The topological polar surface area (TPSA) is 34.0 Å². The van der Waals surface area contributed by atoms with Gasteiger partial charge in [0.1, 0.15) is 0 Å². The van der Waals surface area contributed by atoms with Crippen LogP contribution in [0, 0.1) is 5.41 Å². The average molecular weight is 257 g/mol. The lowest BCUT2D eigenvalue weighted by molar-refractivity contribution is 0.327. The molecule has 1 N–H and O–H groups in total. The zero-order valence-electron chi connectivity index (χ0n) is 10.6. The van der Waals surface area contributed by atoms with Gasteiger partial charge in [-0.3, -0.25) is 4.79 Å². The van der Waals surface area contributed by atoms with Crippen LogP contribution >= 0.6 is 11.6 Å².